The summed E-state index contributed by atoms with van der Waals surface area (Å²) in [5.74, 6) is 0. The SMILES string of the molecule is CCN(CC)CCn1cc(NC(C)c2sccc2C)cn1. The lowest BCUT2D eigenvalue weighted by Crippen LogP contribution is -2.27. The summed E-state index contributed by atoms with van der Waals surface area (Å²) < 4.78 is 2.02. The number of nitrogens with one attached hydrogen (secondary N) is 1. The van der Waals surface area contributed by atoms with Gasteiger partial charge in [0.25, 0.3) is 0 Å². The Morgan fingerprint density at radius 3 is 2.76 bits per heavy atom. The van der Waals surface area contributed by atoms with Gasteiger partial charge in [-0.2, -0.15) is 5.10 Å². The smallest absolute Gasteiger partial charge is 0.0731 e. The van der Waals surface area contributed by atoms with Crippen LogP contribution in [0.4, 0.5) is 5.69 Å². The molecule has 0 amide bonds. The van der Waals surface area contributed by atoms with Crippen molar-refractivity contribution < 1.29 is 0 Å². The van der Waals surface area contributed by atoms with Crippen LogP contribution < -0.4 is 5.32 Å². The van der Waals surface area contributed by atoms with Crippen LogP contribution in [0.15, 0.2) is 23.8 Å². The van der Waals surface area contributed by atoms with E-state index in [-0.39, 0.29) is 0 Å². The number of hydrogen-bond donors (Lipinski definition) is 1. The summed E-state index contributed by atoms with van der Waals surface area (Å²) in [6.07, 6.45) is 4.02. The maximum absolute atomic E-state index is 4.44. The quantitative estimate of drug-likeness (QED) is 0.806. The summed E-state index contributed by atoms with van der Waals surface area (Å²) >= 11 is 1.81. The van der Waals surface area contributed by atoms with Gasteiger partial charge in [0.15, 0.2) is 0 Å². The van der Waals surface area contributed by atoms with Crippen molar-refractivity contribution in [1.29, 1.82) is 0 Å². The predicted octanol–water partition coefficient (Wildman–Crippen LogP) is 3.77. The molecule has 0 aliphatic heterocycles. The second-order valence-electron chi connectivity index (χ2n) is 5.35. The molecule has 0 fully saturated rings. The number of likely N-dealkylation sites (N-methyl/N-ethyl adjacent to an activating group) is 1. The first-order chi connectivity index (χ1) is 10.1. The van der Waals surface area contributed by atoms with Crippen molar-refractivity contribution in [3.8, 4) is 0 Å². The van der Waals surface area contributed by atoms with Crippen LogP contribution in [0.2, 0.25) is 0 Å². The van der Waals surface area contributed by atoms with Crippen molar-refractivity contribution in [2.45, 2.75) is 40.3 Å². The van der Waals surface area contributed by atoms with Gasteiger partial charge in [-0.1, -0.05) is 13.8 Å². The van der Waals surface area contributed by atoms with E-state index in [1.807, 2.05) is 22.2 Å². The lowest BCUT2D eigenvalue weighted by molar-refractivity contribution is 0.285. The second-order valence-corrected chi connectivity index (χ2v) is 6.30. The van der Waals surface area contributed by atoms with Crippen molar-refractivity contribution >= 4 is 17.0 Å². The van der Waals surface area contributed by atoms with E-state index < -0.39 is 0 Å². The van der Waals surface area contributed by atoms with Gasteiger partial charge in [-0.15, -0.1) is 11.3 Å². The van der Waals surface area contributed by atoms with Crippen LogP contribution in [0.1, 0.15) is 37.3 Å². The number of rotatable bonds is 8. The minimum absolute atomic E-state index is 0.324. The summed E-state index contributed by atoms with van der Waals surface area (Å²) in [5, 5.41) is 10.1. The van der Waals surface area contributed by atoms with Gasteiger partial charge in [0, 0.05) is 17.6 Å². The van der Waals surface area contributed by atoms with E-state index in [4.69, 9.17) is 0 Å². The van der Waals surface area contributed by atoms with E-state index in [0.29, 0.717) is 6.04 Å². The molecule has 0 aliphatic carbocycles. The van der Waals surface area contributed by atoms with Crippen molar-refractivity contribution in [2.75, 3.05) is 25.0 Å². The Balaban J connectivity index is 1.89. The fourth-order valence-corrected chi connectivity index (χ4v) is 3.42. The Morgan fingerprint density at radius 2 is 2.14 bits per heavy atom. The number of hydrogen-bond acceptors (Lipinski definition) is 4. The molecule has 2 heterocycles. The molecule has 21 heavy (non-hydrogen) atoms. The third-order valence-corrected chi connectivity index (χ3v) is 5.05. The molecule has 0 bridgehead atoms. The molecule has 0 aliphatic rings. The van der Waals surface area contributed by atoms with E-state index >= 15 is 0 Å². The van der Waals surface area contributed by atoms with Crippen LogP contribution in [0.25, 0.3) is 0 Å². The van der Waals surface area contributed by atoms with Crippen LogP contribution in [0.3, 0.4) is 0 Å². The van der Waals surface area contributed by atoms with Gasteiger partial charge in [-0.05, 0) is 43.9 Å². The molecule has 4 nitrogen and oxygen atoms in total. The van der Waals surface area contributed by atoms with Gasteiger partial charge < -0.3 is 10.2 Å². The molecule has 0 radical (unpaired) electrons. The fraction of sp³-hybridized carbons (Fsp3) is 0.562. The highest BCUT2D eigenvalue weighted by Crippen LogP contribution is 2.26. The number of anilines is 1. The zero-order chi connectivity index (χ0) is 15.2. The number of aromatic nitrogens is 2. The average molecular weight is 306 g/mol. The Kier molecular flexibility index (Phi) is 5.82. The van der Waals surface area contributed by atoms with E-state index in [2.05, 4.69) is 60.7 Å². The molecule has 2 rings (SSSR count). The zero-order valence-corrected chi connectivity index (χ0v) is 14.3. The highest BCUT2D eigenvalue weighted by molar-refractivity contribution is 7.10. The lowest BCUT2D eigenvalue weighted by atomic mass is 10.2. The summed E-state index contributed by atoms with van der Waals surface area (Å²) in [5.41, 5.74) is 2.45. The maximum atomic E-state index is 4.44. The molecule has 116 valence electrons. The molecular formula is C16H26N4S. The molecule has 0 spiro atoms. The normalized spacial score (nSPS) is 12.8. The lowest BCUT2D eigenvalue weighted by Gasteiger charge is -2.17. The highest BCUT2D eigenvalue weighted by Gasteiger charge is 2.10. The Morgan fingerprint density at radius 1 is 1.38 bits per heavy atom. The van der Waals surface area contributed by atoms with E-state index in [1.165, 1.54) is 10.4 Å². The van der Waals surface area contributed by atoms with Gasteiger partial charge >= 0.3 is 0 Å². The molecule has 0 saturated carbocycles. The van der Waals surface area contributed by atoms with Crippen molar-refractivity contribution in [2.24, 2.45) is 0 Å². The van der Waals surface area contributed by atoms with Gasteiger partial charge in [-0.25, -0.2) is 0 Å². The van der Waals surface area contributed by atoms with Gasteiger partial charge in [0.1, 0.15) is 0 Å². The molecular weight excluding hydrogens is 280 g/mol. The minimum atomic E-state index is 0.324. The third kappa shape index (κ3) is 4.32. The monoisotopic (exact) mass is 306 g/mol. The summed E-state index contributed by atoms with van der Waals surface area (Å²) in [4.78, 5) is 3.80. The Hall–Kier alpha value is -1.33. The average Bonchev–Trinajstić information content (AvgIpc) is 3.09. The standard InChI is InChI=1S/C16H26N4S/c1-5-19(6-2)8-9-20-12-15(11-17-20)18-14(4)16-13(3)7-10-21-16/h7,10-12,14,18H,5-6,8-9H2,1-4H3. The summed E-state index contributed by atoms with van der Waals surface area (Å²) in [6.45, 7) is 12.9. The van der Waals surface area contributed by atoms with E-state index in [9.17, 15) is 0 Å². The Bertz CT molecular complexity index is 542. The Labute approximate surface area is 131 Å². The van der Waals surface area contributed by atoms with Gasteiger partial charge in [0.05, 0.1) is 24.5 Å². The first-order valence-corrected chi connectivity index (χ1v) is 8.57. The summed E-state index contributed by atoms with van der Waals surface area (Å²) in [7, 11) is 0. The van der Waals surface area contributed by atoms with Crippen molar-refractivity contribution in [3.05, 3.63) is 34.3 Å². The predicted molar refractivity (Wildman–Crippen MR) is 91.1 cm³/mol. The molecule has 0 saturated heterocycles. The largest absolute Gasteiger partial charge is 0.375 e. The van der Waals surface area contributed by atoms with E-state index in [0.717, 1.165) is 31.9 Å². The number of thiophene rings is 1. The summed E-state index contributed by atoms with van der Waals surface area (Å²) in [6, 6.07) is 2.50. The van der Waals surface area contributed by atoms with Gasteiger partial charge in [0.2, 0.25) is 0 Å². The third-order valence-electron chi connectivity index (χ3n) is 3.85. The van der Waals surface area contributed by atoms with Crippen molar-refractivity contribution in [3.63, 3.8) is 0 Å². The van der Waals surface area contributed by atoms with Crippen LogP contribution >= 0.6 is 11.3 Å². The number of nitrogens with zero attached hydrogens (tertiary/aromatic N) is 3. The molecule has 1 atom stereocenters. The molecule has 5 heteroatoms. The van der Waals surface area contributed by atoms with Crippen molar-refractivity contribution in [1.82, 2.24) is 14.7 Å². The van der Waals surface area contributed by atoms with Crippen LogP contribution in [0.5, 0.6) is 0 Å². The van der Waals surface area contributed by atoms with Crippen LogP contribution in [-0.2, 0) is 6.54 Å². The molecule has 1 unspecified atom stereocenters. The first-order valence-electron chi connectivity index (χ1n) is 7.69. The second kappa shape index (κ2) is 7.61. The highest BCUT2D eigenvalue weighted by atomic mass is 32.1. The maximum Gasteiger partial charge on any atom is 0.0731 e. The molecule has 2 aromatic heterocycles. The number of aryl methyl sites for hydroxylation is 1. The first kappa shape index (κ1) is 16.0. The molecule has 0 aromatic carbocycles. The van der Waals surface area contributed by atoms with Crippen LogP contribution in [0, 0.1) is 6.92 Å². The minimum Gasteiger partial charge on any atom is -0.375 e. The van der Waals surface area contributed by atoms with E-state index in [1.54, 1.807) is 0 Å². The van der Waals surface area contributed by atoms with Gasteiger partial charge in [-0.3, -0.25) is 4.68 Å². The fourth-order valence-electron chi connectivity index (χ4n) is 2.49. The molecule has 1 N–H and O–H groups in total. The zero-order valence-electron chi connectivity index (χ0n) is 13.5. The van der Waals surface area contributed by atoms with Crippen LogP contribution in [-0.4, -0.2) is 34.3 Å². The topological polar surface area (TPSA) is 33.1 Å². The molecule has 2 aromatic rings.